The lowest BCUT2D eigenvalue weighted by Crippen LogP contribution is -2.32. The number of rotatable bonds is 4. The smallest absolute Gasteiger partial charge is 0.261 e. The number of benzene rings is 2. The van der Waals surface area contributed by atoms with E-state index in [-0.39, 0.29) is 17.4 Å². The zero-order chi connectivity index (χ0) is 20.0. The van der Waals surface area contributed by atoms with Crippen LogP contribution < -0.4 is 5.56 Å². The number of hydrogen-bond acceptors (Lipinski definition) is 3. The number of carbonyl (C=O) groups is 2. The number of hydrogen-bond donors (Lipinski definition) is 0. The Morgan fingerprint density at radius 2 is 1.43 bits per heavy atom. The molecular weight excluding hydrogens is 352 g/mol. The zero-order valence-electron chi connectivity index (χ0n) is 16.3. The number of carbonyl (C=O) groups excluding carboxylic acids is 2. The molecule has 5 heteroatoms. The molecule has 1 aromatic heterocycles. The van der Waals surface area contributed by atoms with Crippen LogP contribution in [0.15, 0.2) is 47.3 Å². The van der Waals surface area contributed by atoms with Crippen molar-refractivity contribution >= 4 is 22.7 Å². The predicted octanol–water partition coefficient (Wildman–Crippen LogP) is 3.61. The van der Waals surface area contributed by atoms with Crippen LogP contribution in [0.5, 0.6) is 0 Å². The summed E-state index contributed by atoms with van der Waals surface area (Å²) in [5.41, 5.74) is 4.95. The summed E-state index contributed by atoms with van der Waals surface area (Å²) in [5.74, 6) is -0.512. The Bertz CT molecular complexity index is 1160. The van der Waals surface area contributed by atoms with Gasteiger partial charge in [-0.25, -0.2) is 0 Å². The molecule has 4 rings (SSSR count). The molecular formula is C23H22N2O3. The lowest BCUT2D eigenvalue weighted by atomic mass is 10.0. The van der Waals surface area contributed by atoms with Crippen LogP contribution in [0, 0.1) is 20.8 Å². The van der Waals surface area contributed by atoms with Crippen LogP contribution in [-0.2, 0) is 6.54 Å². The van der Waals surface area contributed by atoms with Crippen molar-refractivity contribution in [1.29, 1.82) is 0 Å². The molecule has 0 atom stereocenters. The van der Waals surface area contributed by atoms with Crippen LogP contribution in [0.2, 0.25) is 0 Å². The molecule has 142 valence electrons. The standard InChI is InChI=1S/C23H22N2O3/c1-14-11-16(3)21-19(12-14)15(2)13-20(26)24(21)9-6-10-25-22(27)17-7-4-5-8-18(17)23(25)28/h4-5,7-8,11-13H,6,9-10H2,1-3H3. The second kappa shape index (κ2) is 6.75. The summed E-state index contributed by atoms with van der Waals surface area (Å²) >= 11 is 0. The van der Waals surface area contributed by atoms with Gasteiger partial charge in [0.05, 0.1) is 16.6 Å². The second-order valence-corrected chi connectivity index (χ2v) is 7.46. The maximum atomic E-state index is 12.6. The summed E-state index contributed by atoms with van der Waals surface area (Å²) in [4.78, 5) is 38.9. The highest BCUT2D eigenvalue weighted by atomic mass is 16.2. The molecule has 0 aliphatic carbocycles. The molecule has 3 aromatic rings. The monoisotopic (exact) mass is 374 g/mol. The van der Waals surface area contributed by atoms with E-state index in [2.05, 4.69) is 12.1 Å². The first-order chi connectivity index (χ1) is 13.4. The van der Waals surface area contributed by atoms with Gasteiger partial charge in [-0.3, -0.25) is 19.3 Å². The van der Waals surface area contributed by atoms with Crippen LogP contribution in [0.25, 0.3) is 10.9 Å². The van der Waals surface area contributed by atoms with Crippen molar-refractivity contribution in [3.63, 3.8) is 0 Å². The van der Waals surface area contributed by atoms with Gasteiger partial charge in [0.1, 0.15) is 0 Å². The molecule has 0 fully saturated rings. The van der Waals surface area contributed by atoms with Gasteiger partial charge >= 0.3 is 0 Å². The number of fused-ring (bicyclic) bond motifs is 2. The predicted molar refractivity (Wildman–Crippen MR) is 109 cm³/mol. The van der Waals surface area contributed by atoms with E-state index in [0.29, 0.717) is 30.6 Å². The van der Waals surface area contributed by atoms with Gasteiger partial charge in [0.2, 0.25) is 0 Å². The Morgan fingerprint density at radius 3 is 2.07 bits per heavy atom. The highest BCUT2D eigenvalue weighted by molar-refractivity contribution is 6.21. The Balaban J connectivity index is 1.60. The van der Waals surface area contributed by atoms with Crippen LogP contribution in [0.3, 0.4) is 0 Å². The third-order valence-corrected chi connectivity index (χ3v) is 5.39. The van der Waals surface area contributed by atoms with Crippen molar-refractivity contribution < 1.29 is 9.59 Å². The summed E-state index contributed by atoms with van der Waals surface area (Å²) in [6.07, 6.45) is 0.525. The van der Waals surface area contributed by atoms with Crippen molar-refractivity contribution in [1.82, 2.24) is 9.47 Å². The molecule has 2 amide bonds. The number of amides is 2. The lowest BCUT2D eigenvalue weighted by molar-refractivity contribution is 0.0651. The van der Waals surface area contributed by atoms with Crippen molar-refractivity contribution in [3.8, 4) is 0 Å². The molecule has 28 heavy (non-hydrogen) atoms. The fourth-order valence-electron chi connectivity index (χ4n) is 4.12. The van der Waals surface area contributed by atoms with Gasteiger partial charge < -0.3 is 4.57 Å². The van der Waals surface area contributed by atoms with Gasteiger partial charge in [-0.05, 0) is 56.5 Å². The quantitative estimate of drug-likeness (QED) is 0.656. The maximum Gasteiger partial charge on any atom is 0.261 e. The minimum atomic E-state index is -0.256. The van der Waals surface area contributed by atoms with E-state index >= 15 is 0 Å². The van der Waals surface area contributed by atoms with Crippen LogP contribution in [0.4, 0.5) is 0 Å². The fourth-order valence-corrected chi connectivity index (χ4v) is 4.12. The number of pyridine rings is 1. The molecule has 2 heterocycles. The number of nitrogens with zero attached hydrogens (tertiary/aromatic N) is 2. The Labute approximate surface area is 163 Å². The SMILES string of the molecule is Cc1cc(C)c2c(c1)c(C)cc(=O)n2CCCN1C(=O)c2ccccc2C1=O. The average Bonchev–Trinajstić information content (AvgIpc) is 2.89. The van der Waals surface area contributed by atoms with E-state index < -0.39 is 0 Å². The highest BCUT2D eigenvalue weighted by Gasteiger charge is 2.34. The molecule has 5 nitrogen and oxygen atoms in total. The number of aromatic nitrogens is 1. The minimum absolute atomic E-state index is 0.0562. The van der Waals surface area contributed by atoms with Gasteiger partial charge in [-0.1, -0.05) is 23.8 Å². The normalized spacial score (nSPS) is 13.5. The molecule has 0 spiro atoms. The van der Waals surface area contributed by atoms with Crippen molar-refractivity contribution in [2.75, 3.05) is 6.54 Å². The van der Waals surface area contributed by atoms with Crippen molar-refractivity contribution in [2.24, 2.45) is 0 Å². The van der Waals surface area contributed by atoms with E-state index in [1.54, 1.807) is 34.9 Å². The van der Waals surface area contributed by atoms with E-state index in [1.807, 2.05) is 20.8 Å². The zero-order valence-corrected chi connectivity index (χ0v) is 16.3. The summed E-state index contributed by atoms with van der Waals surface area (Å²) in [5, 5.41) is 1.07. The molecule has 1 aliphatic heterocycles. The van der Waals surface area contributed by atoms with Gasteiger partial charge in [0, 0.05) is 24.5 Å². The van der Waals surface area contributed by atoms with E-state index in [0.717, 1.165) is 27.6 Å². The number of aryl methyl sites for hydroxylation is 4. The first kappa shape index (κ1) is 18.2. The summed E-state index contributed by atoms with van der Waals surface area (Å²) in [6, 6.07) is 12.7. The van der Waals surface area contributed by atoms with E-state index in [9.17, 15) is 14.4 Å². The third kappa shape index (κ3) is 2.83. The van der Waals surface area contributed by atoms with Gasteiger partial charge in [-0.2, -0.15) is 0 Å². The van der Waals surface area contributed by atoms with Crippen molar-refractivity contribution in [3.05, 3.63) is 80.6 Å². The van der Waals surface area contributed by atoms with Gasteiger partial charge in [0.15, 0.2) is 0 Å². The van der Waals surface area contributed by atoms with Crippen molar-refractivity contribution in [2.45, 2.75) is 33.7 Å². The van der Waals surface area contributed by atoms with E-state index in [4.69, 9.17) is 0 Å². The Kier molecular flexibility index (Phi) is 4.38. The minimum Gasteiger partial charge on any atom is -0.308 e. The molecule has 1 aliphatic rings. The molecule has 0 saturated heterocycles. The highest BCUT2D eigenvalue weighted by Crippen LogP contribution is 2.24. The maximum absolute atomic E-state index is 12.6. The third-order valence-electron chi connectivity index (χ3n) is 5.39. The number of imide groups is 1. The molecule has 0 saturated carbocycles. The topological polar surface area (TPSA) is 59.4 Å². The molecule has 0 bridgehead atoms. The Hall–Kier alpha value is -3.21. The molecule has 2 aromatic carbocycles. The lowest BCUT2D eigenvalue weighted by Gasteiger charge is -2.17. The Morgan fingerprint density at radius 1 is 0.786 bits per heavy atom. The van der Waals surface area contributed by atoms with Crippen LogP contribution >= 0.6 is 0 Å². The molecule has 0 unspecified atom stereocenters. The van der Waals surface area contributed by atoms with Crippen LogP contribution in [-0.4, -0.2) is 27.8 Å². The largest absolute Gasteiger partial charge is 0.308 e. The summed E-state index contributed by atoms with van der Waals surface area (Å²) < 4.78 is 1.76. The average molecular weight is 374 g/mol. The summed E-state index contributed by atoms with van der Waals surface area (Å²) in [7, 11) is 0. The molecule has 0 radical (unpaired) electrons. The summed E-state index contributed by atoms with van der Waals surface area (Å²) in [6.45, 7) is 6.75. The fraction of sp³-hybridized carbons (Fsp3) is 0.261. The van der Waals surface area contributed by atoms with E-state index in [1.165, 1.54) is 4.90 Å². The molecule has 0 N–H and O–H groups in total. The first-order valence-corrected chi connectivity index (χ1v) is 9.45. The van der Waals surface area contributed by atoms with Crippen LogP contribution in [0.1, 0.15) is 43.8 Å². The van der Waals surface area contributed by atoms with Gasteiger partial charge in [-0.15, -0.1) is 0 Å². The van der Waals surface area contributed by atoms with Gasteiger partial charge in [0.25, 0.3) is 17.4 Å². The first-order valence-electron chi connectivity index (χ1n) is 9.45. The second-order valence-electron chi connectivity index (χ2n) is 7.46.